The molecule has 116 valence electrons. The van der Waals surface area contributed by atoms with E-state index in [1.54, 1.807) is 6.20 Å². The van der Waals surface area contributed by atoms with Crippen molar-refractivity contribution in [1.82, 2.24) is 9.88 Å². The maximum Gasteiger partial charge on any atom is 0.226 e. The molecule has 0 spiro atoms. The summed E-state index contributed by atoms with van der Waals surface area (Å²) in [4.78, 5) is 19.2. The van der Waals surface area contributed by atoms with Crippen molar-refractivity contribution in [3.63, 3.8) is 0 Å². The molecule has 2 aliphatic carbocycles. The first-order valence-electron chi connectivity index (χ1n) is 7.70. The van der Waals surface area contributed by atoms with Crippen molar-refractivity contribution in [1.29, 1.82) is 0 Å². The predicted octanol–water partition coefficient (Wildman–Crippen LogP) is 2.51. The lowest BCUT2D eigenvalue weighted by Crippen LogP contribution is -2.41. The molecule has 1 amide bonds. The molecule has 21 heavy (non-hydrogen) atoms. The Balaban J connectivity index is 0.00000161. The fraction of sp³-hybridized carbons (Fsp3) is 0.625. The SMILES string of the molecule is Cl.NC1CCCC(C(=O)N(Cc2ccccn2)C2CC2)C1. The van der Waals surface area contributed by atoms with Crippen LogP contribution in [0.3, 0.4) is 0 Å². The number of amides is 1. The van der Waals surface area contributed by atoms with Crippen LogP contribution in [0.25, 0.3) is 0 Å². The Bertz CT molecular complexity index is 464. The lowest BCUT2D eigenvalue weighted by atomic mass is 9.85. The first-order chi connectivity index (χ1) is 9.74. The molecule has 2 atom stereocenters. The van der Waals surface area contributed by atoms with Crippen molar-refractivity contribution >= 4 is 18.3 Å². The first kappa shape index (κ1) is 16.2. The number of nitrogens with zero attached hydrogens (tertiary/aromatic N) is 2. The third-order valence-corrected chi connectivity index (χ3v) is 4.39. The van der Waals surface area contributed by atoms with Crippen molar-refractivity contribution in [2.24, 2.45) is 11.7 Å². The standard InChI is InChI=1S/C16H23N3O.ClH/c17-13-5-3-4-12(10-13)16(20)19(15-7-8-15)11-14-6-1-2-9-18-14;/h1-2,6,9,12-13,15H,3-5,7-8,10-11,17H2;1H. The Labute approximate surface area is 132 Å². The molecule has 2 saturated carbocycles. The highest BCUT2D eigenvalue weighted by Gasteiger charge is 2.37. The number of hydrogen-bond donors (Lipinski definition) is 1. The van der Waals surface area contributed by atoms with Crippen molar-refractivity contribution in [2.45, 2.75) is 57.2 Å². The van der Waals surface area contributed by atoms with E-state index in [-0.39, 0.29) is 24.4 Å². The molecule has 1 heterocycles. The van der Waals surface area contributed by atoms with Gasteiger partial charge < -0.3 is 10.6 Å². The second kappa shape index (κ2) is 7.23. The summed E-state index contributed by atoms with van der Waals surface area (Å²) in [5.74, 6) is 0.427. The van der Waals surface area contributed by atoms with E-state index in [4.69, 9.17) is 5.73 Å². The first-order valence-corrected chi connectivity index (χ1v) is 7.70. The van der Waals surface area contributed by atoms with Crippen LogP contribution in [0, 0.1) is 5.92 Å². The zero-order valence-corrected chi connectivity index (χ0v) is 13.1. The van der Waals surface area contributed by atoms with E-state index in [1.807, 2.05) is 23.1 Å². The number of carbonyl (C=O) groups excluding carboxylic acids is 1. The number of nitrogens with two attached hydrogens (primary N) is 1. The van der Waals surface area contributed by atoms with E-state index >= 15 is 0 Å². The predicted molar refractivity (Wildman–Crippen MR) is 85.0 cm³/mol. The highest BCUT2D eigenvalue weighted by Crippen LogP contribution is 2.32. The molecule has 2 fully saturated rings. The van der Waals surface area contributed by atoms with Gasteiger partial charge in [-0.15, -0.1) is 12.4 Å². The van der Waals surface area contributed by atoms with Gasteiger partial charge in [-0.1, -0.05) is 12.5 Å². The molecule has 4 nitrogen and oxygen atoms in total. The van der Waals surface area contributed by atoms with Gasteiger partial charge in [-0.25, -0.2) is 0 Å². The van der Waals surface area contributed by atoms with Gasteiger partial charge in [0.15, 0.2) is 0 Å². The van der Waals surface area contributed by atoms with Crippen molar-refractivity contribution in [3.8, 4) is 0 Å². The molecule has 1 aromatic rings. The Morgan fingerprint density at radius 2 is 2.10 bits per heavy atom. The van der Waals surface area contributed by atoms with Gasteiger partial charge in [0.2, 0.25) is 5.91 Å². The number of aromatic nitrogens is 1. The van der Waals surface area contributed by atoms with Crippen LogP contribution in [0.1, 0.15) is 44.2 Å². The third kappa shape index (κ3) is 4.17. The summed E-state index contributed by atoms with van der Waals surface area (Å²) >= 11 is 0. The molecule has 0 saturated heterocycles. The zero-order chi connectivity index (χ0) is 13.9. The molecule has 2 aliphatic rings. The average Bonchev–Trinajstić information content (AvgIpc) is 3.30. The van der Waals surface area contributed by atoms with Crippen molar-refractivity contribution < 1.29 is 4.79 Å². The minimum atomic E-state index is 0. The fourth-order valence-electron chi connectivity index (χ4n) is 3.13. The molecular weight excluding hydrogens is 286 g/mol. The topological polar surface area (TPSA) is 59.2 Å². The third-order valence-electron chi connectivity index (χ3n) is 4.39. The maximum atomic E-state index is 12.8. The summed E-state index contributed by atoms with van der Waals surface area (Å²) in [6.45, 7) is 0.649. The van der Waals surface area contributed by atoms with E-state index in [0.717, 1.165) is 44.2 Å². The van der Waals surface area contributed by atoms with Crippen molar-refractivity contribution in [2.75, 3.05) is 0 Å². The van der Waals surface area contributed by atoms with E-state index in [1.165, 1.54) is 0 Å². The van der Waals surface area contributed by atoms with Crippen LogP contribution in [0.2, 0.25) is 0 Å². The Hall–Kier alpha value is -1.13. The lowest BCUT2D eigenvalue weighted by molar-refractivity contribution is -0.138. The van der Waals surface area contributed by atoms with Crippen LogP contribution in [-0.4, -0.2) is 27.9 Å². The zero-order valence-electron chi connectivity index (χ0n) is 12.3. The van der Waals surface area contributed by atoms with E-state index in [9.17, 15) is 4.79 Å². The minimum absolute atomic E-state index is 0. The second-order valence-corrected chi connectivity index (χ2v) is 6.14. The summed E-state index contributed by atoms with van der Waals surface area (Å²) in [6, 6.07) is 6.52. The summed E-state index contributed by atoms with van der Waals surface area (Å²) in [5, 5.41) is 0. The summed E-state index contributed by atoms with van der Waals surface area (Å²) in [7, 11) is 0. The highest BCUT2D eigenvalue weighted by molar-refractivity contribution is 5.85. The van der Waals surface area contributed by atoms with Crippen LogP contribution in [0.4, 0.5) is 0 Å². The van der Waals surface area contributed by atoms with Gasteiger partial charge in [0.05, 0.1) is 12.2 Å². The van der Waals surface area contributed by atoms with E-state index in [0.29, 0.717) is 18.5 Å². The molecule has 0 aliphatic heterocycles. The molecule has 2 unspecified atom stereocenters. The molecule has 1 aromatic heterocycles. The van der Waals surface area contributed by atoms with E-state index in [2.05, 4.69) is 4.98 Å². The number of pyridine rings is 1. The van der Waals surface area contributed by atoms with Gasteiger partial charge >= 0.3 is 0 Å². The summed E-state index contributed by atoms with van der Waals surface area (Å²) < 4.78 is 0. The van der Waals surface area contributed by atoms with Gasteiger partial charge in [0.25, 0.3) is 0 Å². The number of carbonyl (C=O) groups is 1. The van der Waals surface area contributed by atoms with Gasteiger partial charge in [-0.3, -0.25) is 9.78 Å². The van der Waals surface area contributed by atoms with E-state index < -0.39 is 0 Å². The Kier molecular flexibility index (Phi) is 5.59. The Morgan fingerprint density at radius 3 is 2.71 bits per heavy atom. The molecule has 3 rings (SSSR count). The molecule has 2 N–H and O–H groups in total. The smallest absolute Gasteiger partial charge is 0.226 e. The van der Waals surface area contributed by atoms with Crippen LogP contribution in [-0.2, 0) is 11.3 Å². The van der Waals surface area contributed by atoms with Crippen molar-refractivity contribution in [3.05, 3.63) is 30.1 Å². The lowest BCUT2D eigenvalue weighted by Gasteiger charge is -2.31. The van der Waals surface area contributed by atoms with Crippen LogP contribution in [0.15, 0.2) is 24.4 Å². The average molecular weight is 310 g/mol. The Morgan fingerprint density at radius 1 is 1.29 bits per heavy atom. The van der Waals surface area contributed by atoms with Gasteiger partial charge in [0, 0.05) is 24.2 Å². The number of hydrogen-bond acceptors (Lipinski definition) is 3. The van der Waals surface area contributed by atoms with Gasteiger partial charge in [-0.2, -0.15) is 0 Å². The molecule has 0 radical (unpaired) electrons. The quantitative estimate of drug-likeness (QED) is 0.929. The molecule has 0 bridgehead atoms. The fourth-order valence-corrected chi connectivity index (χ4v) is 3.13. The normalized spacial score (nSPS) is 25.0. The summed E-state index contributed by atoms with van der Waals surface area (Å²) in [5.41, 5.74) is 7.00. The van der Waals surface area contributed by atoms with Crippen LogP contribution >= 0.6 is 12.4 Å². The molecule has 0 aromatic carbocycles. The molecule has 5 heteroatoms. The maximum absolute atomic E-state index is 12.8. The summed E-state index contributed by atoms with van der Waals surface area (Å²) in [6.07, 6.45) is 8.06. The highest BCUT2D eigenvalue weighted by atomic mass is 35.5. The van der Waals surface area contributed by atoms with Crippen LogP contribution in [0.5, 0.6) is 0 Å². The van der Waals surface area contributed by atoms with Gasteiger partial charge in [0.1, 0.15) is 0 Å². The number of rotatable bonds is 4. The largest absolute Gasteiger partial charge is 0.334 e. The molecular formula is C16H24ClN3O. The van der Waals surface area contributed by atoms with Crippen LogP contribution < -0.4 is 5.73 Å². The van der Waals surface area contributed by atoms with Gasteiger partial charge in [-0.05, 0) is 44.2 Å². The minimum Gasteiger partial charge on any atom is -0.334 e. The monoisotopic (exact) mass is 309 g/mol. The number of halogens is 1. The second-order valence-electron chi connectivity index (χ2n) is 6.14.